The third-order valence-corrected chi connectivity index (χ3v) is 4.45. The Hall–Kier alpha value is -1.00. The lowest BCUT2D eigenvalue weighted by Crippen LogP contribution is -2.37. The second-order valence-electron chi connectivity index (χ2n) is 7.40. The van der Waals surface area contributed by atoms with Crippen molar-refractivity contribution in [1.29, 1.82) is 0 Å². The molecule has 1 aliphatic rings. The monoisotopic (exact) mass is 378 g/mol. The Balaban J connectivity index is 2.24. The Labute approximate surface area is 148 Å². The van der Waals surface area contributed by atoms with E-state index in [-0.39, 0.29) is 10.7 Å². The Morgan fingerprint density at radius 1 is 1.42 bits per heavy atom. The average molecular weight is 379 g/mol. The van der Waals surface area contributed by atoms with E-state index in [2.05, 4.69) is 4.98 Å². The molecule has 1 aromatic heterocycles. The highest BCUT2D eigenvalue weighted by Crippen LogP contribution is 2.40. The number of nitrogens with zero attached hydrogens (tertiary/aromatic N) is 2. The quantitative estimate of drug-likeness (QED) is 0.559. The van der Waals surface area contributed by atoms with Crippen LogP contribution in [0.2, 0.25) is 5.15 Å². The summed E-state index contributed by atoms with van der Waals surface area (Å²) in [5, 5.41) is 0.0153. The summed E-state index contributed by atoms with van der Waals surface area (Å²) in [5.74, 6) is 0. The van der Waals surface area contributed by atoms with Crippen molar-refractivity contribution >= 4 is 26.9 Å². The van der Waals surface area contributed by atoms with Crippen LogP contribution >= 0.6 is 20.8 Å². The van der Waals surface area contributed by atoms with E-state index in [4.69, 9.17) is 16.3 Å². The maximum absolute atomic E-state index is 13.6. The van der Waals surface area contributed by atoms with Gasteiger partial charge in [-0.3, -0.25) is 0 Å². The van der Waals surface area contributed by atoms with Gasteiger partial charge in [0.1, 0.15) is 10.8 Å². The first kappa shape index (κ1) is 19.3. The predicted molar refractivity (Wildman–Crippen MR) is 92.6 cm³/mol. The van der Waals surface area contributed by atoms with Gasteiger partial charge < -0.3 is 9.64 Å². The molecule has 2 atom stereocenters. The molecule has 4 nitrogen and oxygen atoms in total. The van der Waals surface area contributed by atoms with E-state index >= 15 is 0 Å². The zero-order valence-electron chi connectivity index (χ0n) is 14.2. The smallest absolute Gasteiger partial charge is 0.410 e. The molecule has 1 aromatic rings. The Morgan fingerprint density at radius 3 is 2.58 bits per heavy atom. The van der Waals surface area contributed by atoms with Crippen LogP contribution in [-0.4, -0.2) is 34.7 Å². The Morgan fingerprint density at radius 2 is 2.04 bits per heavy atom. The molecule has 1 fully saturated rings. The summed E-state index contributed by atoms with van der Waals surface area (Å²) < 4.78 is 32.6. The lowest BCUT2D eigenvalue weighted by molar-refractivity contribution is 0.0285. The number of aromatic nitrogens is 1. The zero-order valence-corrected chi connectivity index (χ0v) is 16.1. The number of carbonyl (C=O) groups excluding carboxylic acids is 1. The molecule has 2 rings (SSSR count). The van der Waals surface area contributed by atoms with E-state index in [1.807, 2.05) is 6.92 Å². The maximum Gasteiger partial charge on any atom is 0.410 e. The molecule has 0 saturated carbocycles. The van der Waals surface area contributed by atoms with Gasteiger partial charge in [-0.25, -0.2) is 9.78 Å². The SMILES string of the molecule is CC(C)(C)OC(=O)N1CCC(C)(c2cc(C(F)(F)P)cc(Cl)n2)C1. The van der Waals surface area contributed by atoms with Crippen LogP contribution in [0, 0.1) is 0 Å². The Kier molecular flexibility index (Phi) is 5.14. The van der Waals surface area contributed by atoms with E-state index in [0.29, 0.717) is 25.2 Å². The van der Waals surface area contributed by atoms with Crippen molar-refractivity contribution in [1.82, 2.24) is 9.88 Å². The number of halogens is 3. The van der Waals surface area contributed by atoms with Crippen molar-refractivity contribution in [3.05, 3.63) is 28.5 Å². The number of pyridine rings is 1. The molecular weight excluding hydrogens is 357 g/mol. The van der Waals surface area contributed by atoms with Gasteiger partial charge in [0.15, 0.2) is 0 Å². The molecule has 1 amide bonds. The first-order valence-corrected chi connectivity index (χ1v) is 8.59. The predicted octanol–water partition coefficient (Wildman–Crippen LogP) is 4.56. The summed E-state index contributed by atoms with van der Waals surface area (Å²) >= 11 is 5.92. The molecule has 1 aliphatic heterocycles. The molecular formula is C16H22ClF2N2O2P. The van der Waals surface area contributed by atoms with Crippen LogP contribution in [0.5, 0.6) is 0 Å². The summed E-state index contributed by atoms with van der Waals surface area (Å²) in [4.78, 5) is 18.0. The van der Waals surface area contributed by atoms with Crippen LogP contribution in [-0.2, 0) is 15.8 Å². The maximum atomic E-state index is 13.6. The largest absolute Gasteiger partial charge is 0.444 e. The summed E-state index contributed by atoms with van der Waals surface area (Å²) in [6.07, 6.45) is 0.186. The molecule has 0 aromatic carbocycles. The van der Waals surface area contributed by atoms with Crippen molar-refractivity contribution in [2.45, 2.75) is 50.8 Å². The van der Waals surface area contributed by atoms with Crippen LogP contribution in [0.25, 0.3) is 0 Å². The highest BCUT2D eigenvalue weighted by molar-refractivity contribution is 7.17. The molecule has 134 valence electrons. The fraction of sp³-hybridized carbons (Fsp3) is 0.625. The second-order valence-corrected chi connectivity index (χ2v) is 8.51. The lowest BCUT2D eigenvalue weighted by atomic mass is 9.85. The molecule has 0 aliphatic carbocycles. The van der Waals surface area contributed by atoms with E-state index < -0.39 is 22.8 Å². The van der Waals surface area contributed by atoms with Gasteiger partial charge in [-0.2, -0.15) is 8.78 Å². The van der Waals surface area contributed by atoms with Gasteiger partial charge in [0.2, 0.25) is 0 Å². The Bertz CT molecular complexity index is 646. The number of ether oxygens (including phenoxy) is 1. The number of alkyl halides is 2. The topological polar surface area (TPSA) is 42.4 Å². The van der Waals surface area contributed by atoms with Gasteiger partial charge in [-0.1, -0.05) is 27.8 Å². The summed E-state index contributed by atoms with van der Waals surface area (Å²) in [6.45, 7) is 8.11. The van der Waals surface area contributed by atoms with E-state index in [1.165, 1.54) is 15.3 Å². The number of hydrogen-bond acceptors (Lipinski definition) is 3. The van der Waals surface area contributed by atoms with Gasteiger partial charge in [0.05, 0.1) is 5.69 Å². The van der Waals surface area contributed by atoms with Gasteiger partial charge in [-0.05, 0) is 39.3 Å². The molecule has 0 spiro atoms. The van der Waals surface area contributed by atoms with Crippen molar-refractivity contribution in [3.8, 4) is 0 Å². The first-order valence-electron chi connectivity index (χ1n) is 7.63. The van der Waals surface area contributed by atoms with Gasteiger partial charge in [0, 0.05) is 24.1 Å². The number of carbonyl (C=O) groups is 1. The minimum atomic E-state index is -3.08. The van der Waals surface area contributed by atoms with Crippen molar-refractivity contribution < 1.29 is 18.3 Å². The second kappa shape index (κ2) is 6.38. The first-order chi connectivity index (χ1) is 10.8. The minimum absolute atomic E-state index is 0.0153. The van der Waals surface area contributed by atoms with Crippen LogP contribution in [0.1, 0.15) is 45.4 Å². The van der Waals surface area contributed by atoms with E-state index in [1.54, 1.807) is 25.7 Å². The molecule has 8 heteroatoms. The number of likely N-dealkylation sites (tertiary alicyclic amines) is 1. The summed E-state index contributed by atoms with van der Waals surface area (Å²) in [6, 6.07) is 2.51. The van der Waals surface area contributed by atoms with Gasteiger partial charge >= 0.3 is 6.09 Å². The number of amides is 1. The molecule has 0 bridgehead atoms. The highest BCUT2D eigenvalue weighted by Gasteiger charge is 2.41. The van der Waals surface area contributed by atoms with E-state index in [9.17, 15) is 13.6 Å². The summed E-state index contributed by atoms with van der Waals surface area (Å²) in [5.41, 5.74) is -3.97. The minimum Gasteiger partial charge on any atom is -0.444 e. The highest BCUT2D eigenvalue weighted by atomic mass is 35.5. The van der Waals surface area contributed by atoms with Crippen LogP contribution in [0.3, 0.4) is 0 Å². The molecule has 2 unspecified atom stereocenters. The average Bonchev–Trinajstić information content (AvgIpc) is 2.79. The number of hydrogen-bond donors (Lipinski definition) is 0. The standard InChI is InChI=1S/C16H22ClF2N2O2P/c1-14(2,3)23-13(22)21-6-5-15(4,9-21)11-7-10(16(18,19)24)8-12(17)20-11/h7-8H,5-6,9,24H2,1-4H3. The van der Waals surface area contributed by atoms with Crippen molar-refractivity contribution in [3.63, 3.8) is 0 Å². The molecule has 24 heavy (non-hydrogen) atoms. The normalized spacial score (nSPS) is 21.9. The van der Waals surface area contributed by atoms with Crippen molar-refractivity contribution in [2.75, 3.05) is 13.1 Å². The third kappa shape index (κ3) is 4.54. The van der Waals surface area contributed by atoms with Crippen LogP contribution < -0.4 is 0 Å². The zero-order chi connectivity index (χ0) is 18.3. The van der Waals surface area contributed by atoms with Crippen LogP contribution in [0.15, 0.2) is 12.1 Å². The van der Waals surface area contributed by atoms with Gasteiger partial charge in [-0.15, -0.1) is 0 Å². The molecule has 0 radical (unpaired) electrons. The summed E-state index contributed by atoms with van der Waals surface area (Å²) in [7, 11) is 1.50. The molecule has 0 N–H and O–H groups in total. The molecule has 2 heterocycles. The van der Waals surface area contributed by atoms with Gasteiger partial charge in [0.25, 0.3) is 5.66 Å². The number of rotatable bonds is 2. The fourth-order valence-corrected chi connectivity index (χ4v) is 3.03. The molecule has 1 saturated heterocycles. The third-order valence-electron chi connectivity index (χ3n) is 3.92. The van der Waals surface area contributed by atoms with Crippen molar-refractivity contribution in [2.24, 2.45) is 0 Å². The van der Waals surface area contributed by atoms with Crippen LogP contribution in [0.4, 0.5) is 13.6 Å². The van der Waals surface area contributed by atoms with E-state index in [0.717, 1.165) is 6.07 Å². The lowest BCUT2D eigenvalue weighted by Gasteiger charge is -2.27. The fourth-order valence-electron chi connectivity index (χ4n) is 2.65.